The van der Waals surface area contributed by atoms with Crippen LogP contribution in [0.4, 0.5) is 18.9 Å². The summed E-state index contributed by atoms with van der Waals surface area (Å²) in [6, 6.07) is 14.4. The van der Waals surface area contributed by atoms with Crippen LogP contribution >= 0.6 is 0 Å². The summed E-state index contributed by atoms with van der Waals surface area (Å²) in [7, 11) is 0. The molecule has 3 heterocycles. The van der Waals surface area contributed by atoms with Crippen LogP contribution in [0.5, 0.6) is 0 Å². The molecule has 3 aromatic rings. The minimum absolute atomic E-state index is 0.0991. The first kappa shape index (κ1) is 23.1. The number of nitriles is 1. The van der Waals surface area contributed by atoms with E-state index in [1.54, 1.807) is 35.4 Å². The van der Waals surface area contributed by atoms with E-state index >= 15 is 0 Å². The van der Waals surface area contributed by atoms with Crippen molar-refractivity contribution in [3.05, 3.63) is 71.4 Å². The van der Waals surface area contributed by atoms with Gasteiger partial charge >= 0.3 is 6.18 Å². The van der Waals surface area contributed by atoms with E-state index in [0.717, 1.165) is 17.0 Å². The molecule has 1 N–H and O–H groups in total. The molecule has 0 spiro atoms. The third-order valence-electron chi connectivity index (χ3n) is 7.38. The van der Waals surface area contributed by atoms with Crippen molar-refractivity contribution in [1.82, 2.24) is 9.88 Å². The average Bonchev–Trinajstić information content (AvgIpc) is 3.26. The molecule has 2 aromatic carbocycles. The second kappa shape index (κ2) is 8.54. The standard InChI is InChI=1S/C26H23F3N4O2/c27-26(28,29)22-11-21(5-3-19(22)12-30)32-9-7-25(16-34)15-33(14-20(25)13-32)24(35)18-4-6-23-17(10-18)2-1-8-31-23/h1-6,8,10-11,20,34H,7,9,13-16H2/t20-,25+/m1/s1. The lowest BCUT2D eigenvalue weighted by molar-refractivity contribution is -0.137. The summed E-state index contributed by atoms with van der Waals surface area (Å²) >= 11 is 0. The maximum Gasteiger partial charge on any atom is 0.417 e. The van der Waals surface area contributed by atoms with Crippen LogP contribution in [0.15, 0.2) is 54.7 Å². The molecule has 180 valence electrons. The SMILES string of the molecule is N#Cc1ccc(N2CC[C@@]3(CO)CN(C(=O)c4ccc5ncccc5c4)C[C@H]3C2)cc1C(F)(F)F. The van der Waals surface area contributed by atoms with Gasteiger partial charge in [0.05, 0.1) is 29.3 Å². The molecule has 0 unspecified atom stereocenters. The van der Waals surface area contributed by atoms with Crippen molar-refractivity contribution in [3.8, 4) is 6.07 Å². The average molecular weight is 480 g/mol. The van der Waals surface area contributed by atoms with Gasteiger partial charge in [0, 0.05) is 60.3 Å². The number of aromatic nitrogens is 1. The van der Waals surface area contributed by atoms with Crippen molar-refractivity contribution in [2.45, 2.75) is 12.6 Å². The van der Waals surface area contributed by atoms with Gasteiger partial charge < -0.3 is 14.9 Å². The zero-order chi connectivity index (χ0) is 24.8. The number of nitrogens with zero attached hydrogens (tertiary/aromatic N) is 4. The number of fused-ring (bicyclic) bond motifs is 2. The Balaban J connectivity index is 1.38. The largest absolute Gasteiger partial charge is 0.417 e. The predicted molar refractivity (Wildman–Crippen MR) is 124 cm³/mol. The van der Waals surface area contributed by atoms with Gasteiger partial charge in [0.2, 0.25) is 0 Å². The molecule has 2 fully saturated rings. The predicted octanol–water partition coefficient (Wildman–Crippen LogP) is 4.09. The monoisotopic (exact) mass is 480 g/mol. The number of hydrogen-bond donors (Lipinski definition) is 1. The van der Waals surface area contributed by atoms with Crippen molar-refractivity contribution >= 4 is 22.5 Å². The smallest absolute Gasteiger partial charge is 0.396 e. The topological polar surface area (TPSA) is 80.5 Å². The lowest BCUT2D eigenvalue weighted by Gasteiger charge is -2.43. The second-order valence-electron chi connectivity index (χ2n) is 9.35. The highest BCUT2D eigenvalue weighted by Crippen LogP contribution is 2.44. The van der Waals surface area contributed by atoms with Crippen LogP contribution in [0.1, 0.15) is 27.9 Å². The van der Waals surface area contributed by atoms with Crippen LogP contribution in [-0.4, -0.2) is 53.7 Å². The summed E-state index contributed by atoms with van der Waals surface area (Å²) < 4.78 is 40.4. The fourth-order valence-corrected chi connectivity index (χ4v) is 5.38. The number of carbonyl (C=O) groups is 1. The van der Waals surface area contributed by atoms with Gasteiger partial charge in [-0.25, -0.2) is 0 Å². The van der Waals surface area contributed by atoms with Crippen LogP contribution < -0.4 is 4.90 Å². The molecular formula is C26H23F3N4O2. The fraction of sp³-hybridized carbons (Fsp3) is 0.346. The number of benzene rings is 2. The Morgan fingerprint density at radius 3 is 2.77 bits per heavy atom. The van der Waals surface area contributed by atoms with Crippen LogP contribution in [-0.2, 0) is 6.18 Å². The number of pyridine rings is 1. The van der Waals surface area contributed by atoms with Crippen LogP contribution in [0.25, 0.3) is 10.9 Å². The van der Waals surface area contributed by atoms with E-state index in [4.69, 9.17) is 5.26 Å². The van der Waals surface area contributed by atoms with Crippen molar-refractivity contribution in [1.29, 1.82) is 5.26 Å². The zero-order valence-corrected chi connectivity index (χ0v) is 18.8. The summed E-state index contributed by atoms with van der Waals surface area (Å²) in [5.74, 6) is -0.237. The molecule has 5 rings (SSSR count). The Kier molecular flexibility index (Phi) is 5.64. The number of likely N-dealkylation sites (tertiary alicyclic amines) is 1. The van der Waals surface area contributed by atoms with Gasteiger partial charge in [-0.3, -0.25) is 9.78 Å². The van der Waals surface area contributed by atoms with E-state index in [1.807, 2.05) is 17.0 Å². The Labute approximate surface area is 200 Å². The van der Waals surface area contributed by atoms with Crippen LogP contribution in [0, 0.1) is 22.7 Å². The molecule has 0 radical (unpaired) electrons. The number of hydrogen-bond acceptors (Lipinski definition) is 5. The molecular weight excluding hydrogens is 457 g/mol. The van der Waals surface area contributed by atoms with E-state index in [2.05, 4.69) is 4.98 Å². The first-order chi connectivity index (χ1) is 16.7. The third-order valence-corrected chi connectivity index (χ3v) is 7.38. The summed E-state index contributed by atoms with van der Waals surface area (Å²) in [4.78, 5) is 21.2. The molecule has 35 heavy (non-hydrogen) atoms. The molecule has 1 amide bonds. The highest BCUT2D eigenvalue weighted by molar-refractivity contribution is 5.98. The van der Waals surface area contributed by atoms with Gasteiger partial charge in [0.25, 0.3) is 5.91 Å². The fourth-order valence-electron chi connectivity index (χ4n) is 5.38. The number of piperidine rings is 1. The summed E-state index contributed by atoms with van der Waals surface area (Å²) in [6.07, 6.45) is -2.39. The van der Waals surface area contributed by atoms with E-state index in [1.165, 1.54) is 12.1 Å². The van der Waals surface area contributed by atoms with Crippen LogP contribution in [0.2, 0.25) is 0 Å². The molecule has 0 aliphatic carbocycles. The maximum atomic E-state index is 13.5. The second-order valence-corrected chi connectivity index (χ2v) is 9.35. The number of carbonyl (C=O) groups excluding carboxylic acids is 1. The third kappa shape index (κ3) is 4.08. The van der Waals surface area contributed by atoms with Gasteiger partial charge in [0.1, 0.15) is 0 Å². The Morgan fingerprint density at radius 2 is 2.03 bits per heavy atom. The number of halogens is 3. The molecule has 9 heteroatoms. The van der Waals surface area contributed by atoms with Gasteiger partial charge in [-0.2, -0.15) is 18.4 Å². The molecule has 2 aliphatic heterocycles. The van der Waals surface area contributed by atoms with E-state index in [-0.39, 0.29) is 18.4 Å². The first-order valence-corrected chi connectivity index (χ1v) is 11.4. The Morgan fingerprint density at radius 1 is 1.20 bits per heavy atom. The van der Waals surface area contributed by atoms with Gasteiger partial charge in [-0.1, -0.05) is 6.07 Å². The number of alkyl halides is 3. The summed E-state index contributed by atoms with van der Waals surface area (Å²) in [6.45, 7) is 1.56. The zero-order valence-electron chi connectivity index (χ0n) is 18.8. The Bertz CT molecular complexity index is 1340. The molecule has 2 atom stereocenters. The first-order valence-electron chi connectivity index (χ1n) is 11.4. The summed E-state index contributed by atoms with van der Waals surface area (Å²) in [5.41, 5.74) is -0.145. The number of anilines is 1. The highest BCUT2D eigenvalue weighted by atomic mass is 19.4. The van der Waals surface area contributed by atoms with Crippen molar-refractivity contribution in [3.63, 3.8) is 0 Å². The van der Waals surface area contributed by atoms with Crippen molar-refractivity contribution in [2.24, 2.45) is 11.3 Å². The van der Waals surface area contributed by atoms with Crippen LogP contribution in [0.3, 0.4) is 0 Å². The number of aliphatic hydroxyl groups is 1. The van der Waals surface area contributed by atoms with Crippen molar-refractivity contribution in [2.75, 3.05) is 37.7 Å². The molecule has 2 saturated heterocycles. The molecule has 1 aromatic heterocycles. The summed E-state index contributed by atoms with van der Waals surface area (Å²) in [5, 5.41) is 20.2. The molecule has 6 nitrogen and oxygen atoms in total. The quantitative estimate of drug-likeness (QED) is 0.611. The molecule has 0 saturated carbocycles. The number of amides is 1. The van der Waals surface area contributed by atoms with E-state index in [0.29, 0.717) is 43.9 Å². The van der Waals surface area contributed by atoms with Crippen molar-refractivity contribution < 1.29 is 23.1 Å². The number of aliphatic hydroxyl groups excluding tert-OH is 1. The normalized spacial score (nSPS) is 22.2. The van der Waals surface area contributed by atoms with E-state index in [9.17, 15) is 23.1 Å². The molecule has 0 bridgehead atoms. The minimum Gasteiger partial charge on any atom is -0.396 e. The van der Waals surface area contributed by atoms with Gasteiger partial charge in [-0.15, -0.1) is 0 Å². The molecule has 2 aliphatic rings. The highest BCUT2D eigenvalue weighted by Gasteiger charge is 2.50. The maximum absolute atomic E-state index is 13.5. The van der Waals surface area contributed by atoms with Gasteiger partial charge in [-0.05, 0) is 48.9 Å². The lowest BCUT2D eigenvalue weighted by atomic mass is 9.73. The lowest BCUT2D eigenvalue weighted by Crippen LogP contribution is -2.49. The van der Waals surface area contributed by atoms with Gasteiger partial charge in [0.15, 0.2) is 0 Å². The Hall–Kier alpha value is -3.64. The van der Waals surface area contributed by atoms with E-state index < -0.39 is 22.7 Å². The minimum atomic E-state index is -4.63. The number of rotatable bonds is 3.